The predicted molar refractivity (Wildman–Crippen MR) is 175 cm³/mol. The van der Waals surface area contributed by atoms with E-state index in [0.717, 1.165) is 11.1 Å². The number of rotatable bonds is 8. The van der Waals surface area contributed by atoms with Gasteiger partial charge in [-0.2, -0.15) is 0 Å². The third kappa shape index (κ3) is 6.97. The van der Waals surface area contributed by atoms with Crippen LogP contribution in [0.4, 0.5) is 0 Å². The van der Waals surface area contributed by atoms with Gasteiger partial charge in [0, 0.05) is 11.1 Å². The molecule has 1 nitrogen and oxygen atoms in total. The van der Waals surface area contributed by atoms with Crippen molar-refractivity contribution < 1.29 is 5.11 Å². The molecule has 0 aromatic heterocycles. The van der Waals surface area contributed by atoms with E-state index in [4.69, 9.17) is 0 Å². The average molecular weight is 529 g/mol. The lowest BCUT2D eigenvalue weighted by Crippen LogP contribution is -2.05. The first-order valence-corrected chi connectivity index (χ1v) is 15.4. The van der Waals surface area contributed by atoms with Crippen molar-refractivity contribution in [2.24, 2.45) is 0 Å². The third-order valence-electron chi connectivity index (χ3n) is 7.84. The Hall–Kier alpha value is -2.54. The van der Waals surface area contributed by atoms with Gasteiger partial charge in [-0.3, -0.25) is 0 Å². The quantitative estimate of drug-likeness (QED) is 0.308. The van der Waals surface area contributed by atoms with Crippen molar-refractivity contribution in [3.8, 4) is 28.0 Å². The van der Waals surface area contributed by atoms with E-state index in [2.05, 4.69) is 126 Å². The third-order valence-corrected chi connectivity index (χ3v) is 7.84. The van der Waals surface area contributed by atoms with Crippen molar-refractivity contribution in [2.45, 2.75) is 132 Å². The van der Waals surface area contributed by atoms with E-state index in [0.29, 0.717) is 41.3 Å². The summed E-state index contributed by atoms with van der Waals surface area (Å²) < 4.78 is 0. The Morgan fingerprint density at radius 2 is 0.692 bits per heavy atom. The highest BCUT2D eigenvalue weighted by Gasteiger charge is 2.25. The van der Waals surface area contributed by atoms with Gasteiger partial charge in [0.15, 0.2) is 0 Å². The van der Waals surface area contributed by atoms with Crippen LogP contribution in [0.3, 0.4) is 0 Å². The smallest absolute Gasteiger partial charge is 0.131 e. The van der Waals surface area contributed by atoms with E-state index < -0.39 is 0 Å². The van der Waals surface area contributed by atoms with Crippen LogP contribution in [0.1, 0.15) is 166 Å². The molecular formula is C38H56O. The van der Waals surface area contributed by atoms with Crippen LogP contribution < -0.4 is 0 Å². The summed E-state index contributed by atoms with van der Waals surface area (Å²) in [6, 6.07) is 15.9. The van der Waals surface area contributed by atoms with Crippen molar-refractivity contribution in [3.63, 3.8) is 0 Å². The highest BCUT2D eigenvalue weighted by atomic mass is 16.3. The molecule has 3 aromatic carbocycles. The Bertz CT molecular complexity index is 1090. The summed E-state index contributed by atoms with van der Waals surface area (Å²) in [5, 5.41) is 12.1. The summed E-state index contributed by atoms with van der Waals surface area (Å²) in [7, 11) is 0. The van der Waals surface area contributed by atoms with E-state index in [1.54, 1.807) is 0 Å². The number of benzene rings is 3. The molecule has 0 aliphatic rings. The molecule has 0 heterocycles. The number of hydrogen-bond acceptors (Lipinski definition) is 1. The lowest BCUT2D eigenvalue weighted by molar-refractivity contribution is 0.479. The second-order valence-corrected chi connectivity index (χ2v) is 12.8. The molecule has 0 aliphatic carbocycles. The lowest BCUT2D eigenvalue weighted by Gasteiger charge is -2.26. The van der Waals surface area contributed by atoms with Gasteiger partial charge in [0.05, 0.1) is 0 Å². The van der Waals surface area contributed by atoms with Crippen LogP contribution in [-0.2, 0) is 0 Å². The fourth-order valence-corrected chi connectivity index (χ4v) is 5.48. The van der Waals surface area contributed by atoms with Gasteiger partial charge in [-0.05, 0) is 80.0 Å². The second-order valence-electron chi connectivity index (χ2n) is 12.8. The van der Waals surface area contributed by atoms with E-state index >= 15 is 0 Å². The van der Waals surface area contributed by atoms with Crippen molar-refractivity contribution in [2.75, 3.05) is 0 Å². The molecule has 1 heteroatoms. The van der Waals surface area contributed by atoms with Gasteiger partial charge in [0.1, 0.15) is 5.75 Å². The van der Waals surface area contributed by atoms with E-state index in [1.807, 2.05) is 13.8 Å². The van der Waals surface area contributed by atoms with E-state index in [-0.39, 0.29) is 0 Å². The minimum absolute atomic E-state index is 0.358. The summed E-state index contributed by atoms with van der Waals surface area (Å²) in [6.07, 6.45) is 0. The number of aromatic hydroxyl groups is 1. The topological polar surface area (TPSA) is 20.2 Å². The molecule has 0 atom stereocenters. The number of phenols is 1. The molecule has 0 aliphatic heterocycles. The van der Waals surface area contributed by atoms with Gasteiger partial charge in [-0.25, -0.2) is 0 Å². The minimum Gasteiger partial charge on any atom is -0.507 e. The fraction of sp³-hybridized carbons (Fsp3) is 0.526. The summed E-state index contributed by atoms with van der Waals surface area (Å²) >= 11 is 0. The molecule has 1 N–H and O–H groups in total. The molecule has 39 heavy (non-hydrogen) atoms. The van der Waals surface area contributed by atoms with Crippen LogP contribution in [0.15, 0.2) is 42.5 Å². The zero-order valence-electron chi connectivity index (χ0n) is 27.5. The van der Waals surface area contributed by atoms with Crippen molar-refractivity contribution in [3.05, 3.63) is 75.8 Å². The van der Waals surface area contributed by atoms with Crippen LogP contribution in [0, 0.1) is 0 Å². The summed E-state index contributed by atoms with van der Waals surface area (Å²) in [5.74, 6) is 2.77. The summed E-state index contributed by atoms with van der Waals surface area (Å²) in [6.45, 7) is 31.2. The van der Waals surface area contributed by atoms with Gasteiger partial charge in [0.2, 0.25) is 0 Å². The number of para-hydroxylation sites is 1. The first-order valence-electron chi connectivity index (χ1n) is 15.4. The van der Waals surface area contributed by atoms with Gasteiger partial charge >= 0.3 is 0 Å². The molecule has 0 bridgehead atoms. The Kier molecular flexibility index (Phi) is 11.5. The molecule has 0 amide bonds. The average Bonchev–Trinajstić information content (AvgIpc) is 2.88. The van der Waals surface area contributed by atoms with E-state index in [1.165, 1.54) is 44.5 Å². The SMILES string of the molecule is CC.CC(C)c1cc(C(C)C)c(-c2cccc(-c3c(C(C)C)cc(C(C)C)cc3C(C)C)c2O)c(C(C)C)c1. The van der Waals surface area contributed by atoms with Crippen molar-refractivity contribution in [1.82, 2.24) is 0 Å². The first kappa shape index (κ1) is 32.7. The van der Waals surface area contributed by atoms with Crippen LogP contribution in [0.2, 0.25) is 0 Å². The first-order chi connectivity index (χ1) is 18.3. The summed E-state index contributed by atoms with van der Waals surface area (Å²) in [5.41, 5.74) is 12.4. The van der Waals surface area contributed by atoms with Crippen LogP contribution >= 0.6 is 0 Å². The second kappa shape index (κ2) is 13.7. The molecule has 0 radical (unpaired) electrons. The highest BCUT2D eigenvalue weighted by molar-refractivity contribution is 5.87. The van der Waals surface area contributed by atoms with Crippen LogP contribution in [-0.4, -0.2) is 5.11 Å². The fourth-order valence-electron chi connectivity index (χ4n) is 5.48. The van der Waals surface area contributed by atoms with Gasteiger partial charge in [0.25, 0.3) is 0 Å². The molecule has 3 rings (SSSR count). The molecule has 0 saturated carbocycles. The zero-order valence-corrected chi connectivity index (χ0v) is 27.5. The van der Waals surface area contributed by atoms with Gasteiger partial charge in [-0.1, -0.05) is 139 Å². The Morgan fingerprint density at radius 1 is 0.436 bits per heavy atom. The van der Waals surface area contributed by atoms with E-state index in [9.17, 15) is 5.11 Å². The number of phenolic OH excluding ortho intramolecular Hbond substituents is 1. The molecule has 0 fully saturated rings. The zero-order chi connectivity index (χ0) is 29.8. The minimum atomic E-state index is 0.358. The van der Waals surface area contributed by atoms with Crippen LogP contribution in [0.5, 0.6) is 5.75 Å². The maximum Gasteiger partial charge on any atom is 0.131 e. The molecule has 0 unspecified atom stereocenters. The lowest BCUT2D eigenvalue weighted by atomic mass is 9.79. The van der Waals surface area contributed by atoms with Gasteiger partial charge in [-0.15, -0.1) is 0 Å². The van der Waals surface area contributed by atoms with Crippen molar-refractivity contribution in [1.29, 1.82) is 0 Å². The molecule has 0 spiro atoms. The Balaban J connectivity index is 0.00000260. The standard InChI is InChI=1S/C36H50O.C2H6/c1-20(2)26-16-30(22(5)6)34(31(17-26)23(7)8)28-14-13-15-29(36(28)37)35-32(24(9)10)18-27(21(3)4)19-33(35)25(11)12;1-2/h13-25,37H,1-12H3;1-2H3. The highest BCUT2D eigenvalue weighted by Crippen LogP contribution is 2.48. The normalized spacial score (nSPS) is 11.8. The monoisotopic (exact) mass is 528 g/mol. The number of hydrogen-bond donors (Lipinski definition) is 1. The molecule has 3 aromatic rings. The Labute approximate surface area is 241 Å². The molecule has 214 valence electrons. The van der Waals surface area contributed by atoms with Crippen molar-refractivity contribution >= 4 is 0 Å². The summed E-state index contributed by atoms with van der Waals surface area (Å²) in [4.78, 5) is 0. The largest absolute Gasteiger partial charge is 0.507 e. The maximum atomic E-state index is 12.1. The Morgan fingerprint density at radius 3 is 0.897 bits per heavy atom. The molecular weight excluding hydrogens is 472 g/mol. The predicted octanol–water partition coefficient (Wildman–Crippen LogP) is 12.5. The maximum absolute atomic E-state index is 12.1. The molecule has 0 saturated heterocycles. The van der Waals surface area contributed by atoms with Crippen LogP contribution in [0.25, 0.3) is 22.3 Å². The van der Waals surface area contributed by atoms with Gasteiger partial charge < -0.3 is 5.11 Å².